The Morgan fingerprint density at radius 1 is 1.48 bits per heavy atom. The maximum atomic E-state index is 12.4. The van der Waals surface area contributed by atoms with Crippen molar-refractivity contribution in [3.63, 3.8) is 0 Å². The monoisotopic (exact) mass is 290 g/mol. The van der Waals surface area contributed by atoms with Crippen molar-refractivity contribution >= 4 is 17.3 Å². The van der Waals surface area contributed by atoms with E-state index >= 15 is 0 Å². The van der Waals surface area contributed by atoms with Gasteiger partial charge in [-0.05, 0) is 37.0 Å². The number of ether oxygens (including phenoxy) is 2. The zero-order valence-electron chi connectivity index (χ0n) is 12.2. The Bertz CT molecular complexity index is 512. The van der Waals surface area contributed by atoms with Crippen molar-refractivity contribution in [1.82, 2.24) is 0 Å². The van der Waals surface area contributed by atoms with Crippen molar-refractivity contribution < 1.29 is 14.3 Å². The molecule has 0 spiro atoms. The van der Waals surface area contributed by atoms with Crippen LogP contribution < -0.4 is 10.6 Å². The van der Waals surface area contributed by atoms with Gasteiger partial charge in [-0.15, -0.1) is 0 Å². The van der Waals surface area contributed by atoms with Crippen LogP contribution in [0, 0.1) is 5.92 Å². The van der Waals surface area contributed by atoms with E-state index in [0.29, 0.717) is 12.5 Å². The standard InChI is InChI=1S/C16H22N2O3/c17-14-4-1-5-15-13(14)3-2-7-18(15)16(19)11-21-10-12-6-8-20-9-12/h1,4-5,12H,2-3,6-11,17H2. The van der Waals surface area contributed by atoms with Gasteiger partial charge in [0.15, 0.2) is 0 Å². The molecule has 0 radical (unpaired) electrons. The molecular weight excluding hydrogens is 268 g/mol. The van der Waals surface area contributed by atoms with Crippen LogP contribution in [0.25, 0.3) is 0 Å². The Morgan fingerprint density at radius 3 is 3.19 bits per heavy atom. The zero-order valence-corrected chi connectivity index (χ0v) is 12.2. The first-order valence-electron chi connectivity index (χ1n) is 7.59. The van der Waals surface area contributed by atoms with Crippen molar-refractivity contribution in [2.45, 2.75) is 19.3 Å². The van der Waals surface area contributed by atoms with Gasteiger partial charge in [0.1, 0.15) is 6.61 Å². The number of nitrogen functional groups attached to an aromatic ring is 1. The van der Waals surface area contributed by atoms with Crippen molar-refractivity contribution in [3.05, 3.63) is 23.8 Å². The summed E-state index contributed by atoms with van der Waals surface area (Å²) >= 11 is 0. The molecule has 2 aliphatic rings. The molecule has 2 N–H and O–H groups in total. The van der Waals surface area contributed by atoms with Crippen LogP contribution in [0.2, 0.25) is 0 Å². The molecule has 114 valence electrons. The Balaban J connectivity index is 1.59. The van der Waals surface area contributed by atoms with Gasteiger partial charge in [0.2, 0.25) is 0 Å². The van der Waals surface area contributed by atoms with Crippen LogP contribution in [0.5, 0.6) is 0 Å². The van der Waals surface area contributed by atoms with Crippen LogP contribution in [0.3, 0.4) is 0 Å². The van der Waals surface area contributed by atoms with Crippen molar-refractivity contribution in [2.75, 3.05) is 43.6 Å². The molecular formula is C16H22N2O3. The fourth-order valence-corrected chi connectivity index (χ4v) is 3.02. The van der Waals surface area contributed by atoms with Gasteiger partial charge in [-0.3, -0.25) is 4.79 Å². The van der Waals surface area contributed by atoms with Gasteiger partial charge in [-0.2, -0.15) is 0 Å². The number of benzene rings is 1. The normalized spacial score (nSPS) is 21.3. The van der Waals surface area contributed by atoms with E-state index in [-0.39, 0.29) is 12.5 Å². The molecule has 1 atom stereocenters. The van der Waals surface area contributed by atoms with Crippen LogP contribution in [-0.2, 0) is 20.7 Å². The first-order chi connectivity index (χ1) is 10.3. The van der Waals surface area contributed by atoms with E-state index in [1.165, 1.54) is 0 Å². The quantitative estimate of drug-likeness (QED) is 0.856. The second-order valence-electron chi connectivity index (χ2n) is 5.74. The van der Waals surface area contributed by atoms with E-state index < -0.39 is 0 Å². The summed E-state index contributed by atoms with van der Waals surface area (Å²) in [5, 5.41) is 0. The molecule has 1 saturated heterocycles. The van der Waals surface area contributed by atoms with Gasteiger partial charge in [0.05, 0.1) is 13.2 Å². The summed E-state index contributed by atoms with van der Waals surface area (Å²) in [5.41, 5.74) is 8.80. The minimum absolute atomic E-state index is 0.0143. The van der Waals surface area contributed by atoms with E-state index in [2.05, 4.69) is 0 Å². The topological polar surface area (TPSA) is 64.8 Å². The number of fused-ring (bicyclic) bond motifs is 1. The number of hydrogen-bond acceptors (Lipinski definition) is 4. The van der Waals surface area contributed by atoms with E-state index in [1.54, 1.807) is 4.90 Å². The predicted molar refractivity (Wildman–Crippen MR) is 81.3 cm³/mol. The molecule has 21 heavy (non-hydrogen) atoms. The molecule has 2 aliphatic heterocycles. The summed E-state index contributed by atoms with van der Waals surface area (Å²) in [5.74, 6) is 0.447. The van der Waals surface area contributed by atoms with Crippen molar-refractivity contribution in [3.8, 4) is 0 Å². The largest absolute Gasteiger partial charge is 0.398 e. The molecule has 0 aliphatic carbocycles. The molecule has 1 fully saturated rings. The first-order valence-corrected chi connectivity index (χ1v) is 7.59. The lowest BCUT2D eigenvalue weighted by atomic mass is 10.00. The third-order valence-corrected chi connectivity index (χ3v) is 4.19. The Morgan fingerprint density at radius 2 is 2.38 bits per heavy atom. The van der Waals surface area contributed by atoms with E-state index in [1.807, 2.05) is 18.2 Å². The van der Waals surface area contributed by atoms with Gasteiger partial charge in [-0.1, -0.05) is 6.07 Å². The Hall–Kier alpha value is -1.59. The van der Waals surface area contributed by atoms with Crippen LogP contribution in [0.4, 0.5) is 11.4 Å². The van der Waals surface area contributed by atoms with Crippen LogP contribution in [0.15, 0.2) is 18.2 Å². The summed E-state index contributed by atoms with van der Waals surface area (Å²) in [6, 6.07) is 5.76. The van der Waals surface area contributed by atoms with Gasteiger partial charge >= 0.3 is 0 Å². The number of carbonyl (C=O) groups is 1. The maximum absolute atomic E-state index is 12.4. The molecule has 1 amide bonds. The number of amides is 1. The lowest BCUT2D eigenvalue weighted by Gasteiger charge is -2.30. The maximum Gasteiger partial charge on any atom is 0.252 e. The van der Waals surface area contributed by atoms with E-state index in [9.17, 15) is 4.79 Å². The van der Waals surface area contributed by atoms with Crippen molar-refractivity contribution in [1.29, 1.82) is 0 Å². The summed E-state index contributed by atoms with van der Waals surface area (Å²) in [7, 11) is 0. The van der Waals surface area contributed by atoms with E-state index in [4.69, 9.17) is 15.2 Å². The van der Waals surface area contributed by atoms with E-state index in [0.717, 1.165) is 56.0 Å². The molecule has 3 rings (SSSR count). The second kappa shape index (κ2) is 6.45. The molecule has 2 heterocycles. The summed E-state index contributed by atoms with van der Waals surface area (Å²) < 4.78 is 10.9. The molecule has 0 aromatic heterocycles. The lowest BCUT2D eigenvalue weighted by molar-refractivity contribution is -0.123. The third-order valence-electron chi connectivity index (χ3n) is 4.19. The zero-order chi connectivity index (χ0) is 14.7. The number of rotatable bonds is 4. The summed E-state index contributed by atoms with van der Waals surface area (Å²) in [6.45, 7) is 3.03. The van der Waals surface area contributed by atoms with Gasteiger partial charge < -0.3 is 20.1 Å². The van der Waals surface area contributed by atoms with Crippen molar-refractivity contribution in [2.24, 2.45) is 5.92 Å². The number of carbonyl (C=O) groups excluding carboxylic acids is 1. The molecule has 0 bridgehead atoms. The van der Waals surface area contributed by atoms with Crippen LogP contribution in [0.1, 0.15) is 18.4 Å². The average molecular weight is 290 g/mol. The van der Waals surface area contributed by atoms with Gasteiger partial charge in [0.25, 0.3) is 5.91 Å². The fraction of sp³-hybridized carbons (Fsp3) is 0.562. The lowest BCUT2D eigenvalue weighted by Crippen LogP contribution is -2.38. The smallest absolute Gasteiger partial charge is 0.252 e. The number of hydrogen-bond donors (Lipinski definition) is 1. The minimum atomic E-state index is 0.0143. The Labute approximate surface area is 125 Å². The predicted octanol–water partition coefficient (Wildman–Crippen LogP) is 1.60. The molecule has 5 nitrogen and oxygen atoms in total. The number of nitrogens with two attached hydrogens (primary N) is 1. The van der Waals surface area contributed by atoms with Crippen LogP contribution in [-0.4, -0.2) is 38.9 Å². The first kappa shape index (κ1) is 14.4. The number of anilines is 2. The highest BCUT2D eigenvalue weighted by molar-refractivity contribution is 5.96. The summed E-state index contributed by atoms with van der Waals surface area (Å²) in [6.07, 6.45) is 2.91. The van der Waals surface area contributed by atoms with Gasteiger partial charge in [-0.25, -0.2) is 0 Å². The minimum Gasteiger partial charge on any atom is -0.398 e. The molecule has 0 saturated carbocycles. The number of nitrogens with zero attached hydrogens (tertiary/aromatic N) is 1. The highest BCUT2D eigenvalue weighted by Gasteiger charge is 2.24. The fourth-order valence-electron chi connectivity index (χ4n) is 3.02. The third kappa shape index (κ3) is 3.19. The van der Waals surface area contributed by atoms with Crippen LogP contribution >= 0.6 is 0 Å². The molecule has 1 aromatic carbocycles. The summed E-state index contributed by atoms with van der Waals surface area (Å²) in [4.78, 5) is 14.2. The highest BCUT2D eigenvalue weighted by atomic mass is 16.5. The average Bonchev–Trinajstić information content (AvgIpc) is 3.00. The molecule has 1 aromatic rings. The van der Waals surface area contributed by atoms with Gasteiger partial charge in [0, 0.05) is 30.4 Å². The SMILES string of the molecule is Nc1cccc2c1CCCN2C(=O)COCC1CCOC1. The molecule has 1 unspecified atom stereocenters. The Kier molecular flexibility index (Phi) is 4.41. The highest BCUT2D eigenvalue weighted by Crippen LogP contribution is 2.31. The molecule has 5 heteroatoms. The second-order valence-corrected chi connectivity index (χ2v) is 5.74.